The largest absolute Gasteiger partial charge is 0.396 e. The van der Waals surface area contributed by atoms with Gasteiger partial charge >= 0.3 is 0 Å². The fraction of sp³-hybridized carbons (Fsp3) is 0.556. The first kappa shape index (κ1) is 19.9. The number of hydrogen-bond donors (Lipinski definition) is 2. The highest BCUT2D eigenvalue weighted by Crippen LogP contribution is 2.22. The van der Waals surface area contributed by atoms with Crippen LogP contribution >= 0.6 is 0 Å². The Labute approximate surface area is 143 Å². The number of methoxy groups -OCH3 is 1. The molecule has 0 aliphatic rings. The Morgan fingerprint density at radius 1 is 1.50 bits per heavy atom. The molecule has 0 aliphatic heterocycles. The van der Waals surface area contributed by atoms with Crippen LogP contribution in [0, 0.1) is 25.2 Å². The lowest BCUT2D eigenvalue weighted by molar-refractivity contribution is -0.117. The lowest BCUT2D eigenvalue weighted by Gasteiger charge is -2.17. The van der Waals surface area contributed by atoms with Crippen molar-refractivity contribution >= 4 is 12.0 Å². The number of aliphatic hydroxyl groups excluding tert-OH is 1. The zero-order valence-corrected chi connectivity index (χ0v) is 15.1. The van der Waals surface area contributed by atoms with Crippen molar-refractivity contribution in [2.75, 3.05) is 20.3 Å². The van der Waals surface area contributed by atoms with Crippen molar-refractivity contribution in [1.29, 1.82) is 5.26 Å². The highest BCUT2D eigenvalue weighted by Gasteiger charge is 2.16. The predicted molar refractivity (Wildman–Crippen MR) is 93.4 cm³/mol. The highest BCUT2D eigenvalue weighted by molar-refractivity contribution is 6.01. The van der Waals surface area contributed by atoms with Gasteiger partial charge in [0.05, 0.1) is 12.6 Å². The van der Waals surface area contributed by atoms with Gasteiger partial charge in [-0.1, -0.05) is 0 Å². The van der Waals surface area contributed by atoms with E-state index in [9.17, 15) is 10.1 Å². The monoisotopic (exact) mass is 333 g/mol. The van der Waals surface area contributed by atoms with Crippen LogP contribution in [0.15, 0.2) is 11.6 Å². The maximum absolute atomic E-state index is 12.2. The molecule has 24 heavy (non-hydrogen) atoms. The third kappa shape index (κ3) is 4.95. The number of ether oxygens (including phenoxy) is 1. The summed E-state index contributed by atoms with van der Waals surface area (Å²) in [6.07, 6.45) is 2.06. The molecule has 1 aromatic rings. The number of aliphatic hydroxyl groups is 1. The molecule has 1 heterocycles. The van der Waals surface area contributed by atoms with Crippen molar-refractivity contribution in [3.05, 3.63) is 28.6 Å². The van der Waals surface area contributed by atoms with Crippen LogP contribution in [0.4, 0.5) is 0 Å². The first-order chi connectivity index (χ1) is 11.3. The van der Waals surface area contributed by atoms with Crippen LogP contribution in [0.1, 0.15) is 43.3 Å². The third-order valence-corrected chi connectivity index (χ3v) is 3.98. The Balaban J connectivity index is 3.07. The van der Waals surface area contributed by atoms with Crippen LogP contribution in [0.25, 0.3) is 6.08 Å². The molecule has 2 unspecified atom stereocenters. The van der Waals surface area contributed by atoms with E-state index in [2.05, 4.69) is 16.8 Å². The summed E-state index contributed by atoms with van der Waals surface area (Å²) in [5.74, 6) is -0.423. The minimum atomic E-state index is -0.423. The van der Waals surface area contributed by atoms with Gasteiger partial charge in [0.2, 0.25) is 0 Å². The molecule has 0 bridgehead atoms. The Morgan fingerprint density at radius 3 is 2.71 bits per heavy atom. The first-order valence-corrected chi connectivity index (χ1v) is 8.06. The number of carbonyl (C=O) groups is 1. The molecule has 1 aromatic heterocycles. The fourth-order valence-corrected chi connectivity index (χ4v) is 2.81. The Kier molecular flexibility index (Phi) is 7.69. The molecule has 6 heteroatoms. The Morgan fingerprint density at radius 2 is 2.17 bits per heavy atom. The topological polar surface area (TPSA) is 87.3 Å². The van der Waals surface area contributed by atoms with Gasteiger partial charge in [-0.05, 0) is 51.8 Å². The van der Waals surface area contributed by atoms with Crippen LogP contribution in [-0.4, -0.2) is 41.9 Å². The third-order valence-electron chi connectivity index (χ3n) is 3.98. The fourth-order valence-electron chi connectivity index (χ4n) is 2.81. The molecule has 0 saturated heterocycles. The molecule has 2 N–H and O–H groups in total. The van der Waals surface area contributed by atoms with Crippen LogP contribution in [-0.2, 0) is 9.53 Å². The molecule has 6 nitrogen and oxygen atoms in total. The van der Waals surface area contributed by atoms with E-state index in [0.717, 1.165) is 17.0 Å². The number of aromatic nitrogens is 1. The zero-order chi connectivity index (χ0) is 18.3. The molecule has 1 rings (SSSR count). The van der Waals surface area contributed by atoms with Crippen molar-refractivity contribution in [1.82, 2.24) is 9.88 Å². The summed E-state index contributed by atoms with van der Waals surface area (Å²) >= 11 is 0. The van der Waals surface area contributed by atoms with E-state index in [4.69, 9.17) is 9.84 Å². The normalized spacial score (nSPS) is 14.1. The molecular formula is C18H27N3O3. The molecule has 0 aromatic carbocycles. The molecule has 2 atom stereocenters. The molecule has 0 fully saturated rings. The summed E-state index contributed by atoms with van der Waals surface area (Å²) in [6, 6.07) is 3.90. The predicted octanol–water partition coefficient (Wildman–Crippen LogP) is 2.11. The van der Waals surface area contributed by atoms with Gasteiger partial charge in [-0.2, -0.15) is 5.26 Å². The average molecular weight is 333 g/mol. The second kappa shape index (κ2) is 9.26. The minimum absolute atomic E-state index is 0.00834. The van der Waals surface area contributed by atoms with Gasteiger partial charge in [0, 0.05) is 31.1 Å². The summed E-state index contributed by atoms with van der Waals surface area (Å²) in [5.41, 5.74) is 2.94. The van der Waals surface area contributed by atoms with E-state index < -0.39 is 5.91 Å². The van der Waals surface area contributed by atoms with Crippen LogP contribution in [0.3, 0.4) is 0 Å². The standard InChI is InChI=1S/C18H27N3O3/c1-12(6-7-22)20-18(23)17(10-19)9-16-8-13(2)21(15(16)4)14(3)11-24-5/h8-9,12,14,22H,6-7,11H2,1-5H3,(H,20,23)/b17-9-. The number of nitrogens with one attached hydrogen (secondary N) is 1. The van der Waals surface area contributed by atoms with Gasteiger partial charge in [0.25, 0.3) is 5.91 Å². The van der Waals surface area contributed by atoms with E-state index in [1.165, 1.54) is 0 Å². The number of aryl methyl sites for hydroxylation is 1. The van der Waals surface area contributed by atoms with Crippen molar-refractivity contribution < 1.29 is 14.6 Å². The number of nitriles is 1. The number of hydrogen-bond acceptors (Lipinski definition) is 4. The lowest BCUT2D eigenvalue weighted by atomic mass is 10.1. The second-order valence-electron chi connectivity index (χ2n) is 6.06. The van der Waals surface area contributed by atoms with Gasteiger partial charge in [0.15, 0.2) is 0 Å². The average Bonchev–Trinajstić information content (AvgIpc) is 2.79. The van der Waals surface area contributed by atoms with E-state index >= 15 is 0 Å². The number of amides is 1. The summed E-state index contributed by atoms with van der Waals surface area (Å²) in [5, 5.41) is 20.9. The van der Waals surface area contributed by atoms with Gasteiger partial charge in [-0.25, -0.2) is 0 Å². The lowest BCUT2D eigenvalue weighted by Crippen LogP contribution is -2.33. The highest BCUT2D eigenvalue weighted by atomic mass is 16.5. The maximum Gasteiger partial charge on any atom is 0.262 e. The van der Waals surface area contributed by atoms with Crippen LogP contribution < -0.4 is 5.32 Å². The van der Waals surface area contributed by atoms with Gasteiger partial charge < -0.3 is 19.7 Å². The van der Waals surface area contributed by atoms with E-state index in [1.54, 1.807) is 20.1 Å². The maximum atomic E-state index is 12.2. The molecule has 0 spiro atoms. The van der Waals surface area contributed by atoms with E-state index in [1.807, 2.05) is 26.0 Å². The Hall–Kier alpha value is -2.10. The summed E-state index contributed by atoms with van der Waals surface area (Å²) in [4.78, 5) is 12.2. The van der Waals surface area contributed by atoms with Gasteiger partial charge in [-0.3, -0.25) is 4.79 Å². The zero-order valence-electron chi connectivity index (χ0n) is 15.1. The summed E-state index contributed by atoms with van der Waals surface area (Å²) in [6.45, 7) is 8.39. The smallest absolute Gasteiger partial charge is 0.262 e. The van der Waals surface area contributed by atoms with Crippen LogP contribution in [0.5, 0.6) is 0 Å². The SMILES string of the molecule is COCC(C)n1c(C)cc(/C=C(/C#N)C(=O)NC(C)CCO)c1C. The van der Waals surface area contributed by atoms with Gasteiger partial charge in [-0.15, -0.1) is 0 Å². The van der Waals surface area contributed by atoms with Crippen molar-refractivity contribution in [2.45, 2.75) is 46.2 Å². The summed E-state index contributed by atoms with van der Waals surface area (Å²) < 4.78 is 7.35. The Bertz CT molecular complexity index is 641. The van der Waals surface area contributed by atoms with Crippen LogP contribution in [0.2, 0.25) is 0 Å². The second-order valence-corrected chi connectivity index (χ2v) is 6.06. The summed E-state index contributed by atoms with van der Waals surface area (Å²) in [7, 11) is 1.66. The van der Waals surface area contributed by atoms with E-state index in [-0.39, 0.29) is 24.3 Å². The van der Waals surface area contributed by atoms with Crippen molar-refractivity contribution in [3.63, 3.8) is 0 Å². The molecule has 1 amide bonds. The number of rotatable bonds is 8. The van der Waals surface area contributed by atoms with Crippen molar-refractivity contribution in [3.8, 4) is 6.07 Å². The molecule has 0 saturated carbocycles. The molecule has 132 valence electrons. The van der Waals surface area contributed by atoms with Gasteiger partial charge in [0.1, 0.15) is 11.6 Å². The van der Waals surface area contributed by atoms with E-state index in [0.29, 0.717) is 13.0 Å². The quantitative estimate of drug-likeness (QED) is 0.563. The number of nitrogens with zero attached hydrogens (tertiary/aromatic N) is 2. The molecule has 0 radical (unpaired) electrons. The molecule has 0 aliphatic carbocycles. The minimum Gasteiger partial charge on any atom is -0.396 e. The number of carbonyl (C=O) groups excluding carboxylic acids is 1. The first-order valence-electron chi connectivity index (χ1n) is 8.06. The molecular weight excluding hydrogens is 306 g/mol. The van der Waals surface area contributed by atoms with Crippen molar-refractivity contribution in [2.24, 2.45) is 0 Å².